The summed E-state index contributed by atoms with van der Waals surface area (Å²) in [6.45, 7) is 13.1. The highest BCUT2D eigenvalue weighted by Crippen LogP contribution is 2.45. The molecule has 0 N–H and O–H groups in total. The van der Waals surface area contributed by atoms with Crippen LogP contribution in [-0.2, 0) is 28.1 Å². The molecule has 0 rings (SSSR count). The van der Waals surface area contributed by atoms with Crippen molar-refractivity contribution in [2.45, 2.75) is 240 Å². The number of ether oxygens (including phenoxy) is 2. The van der Waals surface area contributed by atoms with Crippen LogP contribution in [0.25, 0.3) is 0 Å². The Labute approximate surface area is 312 Å². The molecular formula is C42H84NO6P. The van der Waals surface area contributed by atoms with Crippen molar-refractivity contribution in [1.29, 1.82) is 0 Å². The topological polar surface area (TPSA) is 74.3 Å². The van der Waals surface area contributed by atoms with E-state index in [1.165, 1.54) is 135 Å². The van der Waals surface area contributed by atoms with E-state index >= 15 is 0 Å². The quantitative estimate of drug-likeness (QED) is 0.0356. The lowest BCUT2D eigenvalue weighted by Crippen LogP contribution is -2.35. The van der Waals surface area contributed by atoms with Gasteiger partial charge in [0.2, 0.25) is 0 Å². The van der Waals surface area contributed by atoms with E-state index < -0.39 is 14.6 Å². The van der Waals surface area contributed by atoms with Crippen molar-refractivity contribution in [3.8, 4) is 0 Å². The molecule has 0 bridgehead atoms. The van der Waals surface area contributed by atoms with Gasteiger partial charge in [0.1, 0.15) is 6.61 Å². The van der Waals surface area contributed by atoms with Crippen LogP contribution in [0.4, 0.5) is 0 Å². The fraction of sp³-hybridized carbons (Fsp3) is 0.952. The Morgan fingerprint density at radius 3 is 1.18 bits per heavy atom. The molecule has 7 nitrogen and oxygen atoms in total. The van der Waals surface area contributed by atoms with E-state index in [4.69, 9.17) is 18.5 Å². The van der Waals surface area contributed by atoms with E-state index in [1.54, 1.807) is 7.11 Å². The molecule has 8 heteroatoms. The molecule has 0 spiro atoms. The molecule has 0 saturated carbocycles. The number of carbonyl (C=O) groups excluding carboxylic acids is 2. The van der Waals surface area contributed by atoms with Crippen molar-refractivity contribution in [1.82, 2.24) is 4.67 Å². The van der Waals surface area contributed by atoms with Crippen LogP contribution in [-0.4, -0.2) is 55.1 Å². The molecule has 0 aromatic heterocycles. The zero-order chi connectivity index (χ0) is 37.1. The largest absolute Gasteiger partial charge is 0.462 e. The number of nitrogens with zero attached hydrogens (tertiary/aromatic N) is 1. The monoisotopic (exact) mass is 730 g/mol. The van der Waals surface area contributed by atoms with Gasteiger partial charge in [0, 0.05) is 32.0 Å². The van der Waals surface area contributed by atoms with Gasteiger partial charge in [0.15, 0.2) is 6.10 Å². The Balaban J connectivity index is 4.45. The Morgan fingerprint density at radius 2 is 0.840 bits per heavy atom. The second-order valence-corrected chi connectivity index (χ2v) is 16.6. The summed E-state index contributed by atoms with van der Waals surface area (Å²) in [6, 6.07) is 0.464. The molecule has 0 aliphatic rings. The molecule has 0 amide bonds. The molecule has 0 aromatic carbocycles. The lowest BCUT2D eigenvalue weighted by molar-refractivity contribution is -0.161. The Morgan fingerprint density at radius 1 is 0.500 bits per heavy atom. The Kier molecular flexibility index (Phi) is 36.1. The first-order valence-corrected chi connectivity index (χ1v) is 22.5. The van der Waals surface area contributed by atoms with Crippen LogP contribution in [0.2, 0.25) is 0 Å². The maximum absolute atomic E-state index is 12.8. The molecule has 0 aliphatic carbocycles. The number of hydrogen-bond donors (Lipinski definition) is 0. The number of rotatable bonds is 38. The summed E-state index contributed by atoms with van der Waals surface area (Å²) in [5, 5.41) is 0. The summed E-state index contributed by atoms with van der Waals surface area (Å²) < 4.78 is 25.5. The lowest BCUT2D eigenvalue weighted by atomic mass is 10.0. The average Bonchev–Trinajstić information content (AvgIpc) is 3.08. The van der Waals surface area contributed by atoms with Crippen LogP contribution in [0.15, 0.2) is 0 Å². The molecule has 2 unspecified atom stereocenters. The average molecular weight is 730 g/mol. The number of unbranched alkanes of at least 4 members (excludes halogenated alkanes) is 24. The highest BCUT2D eigenvalue weighted by molar-refractivity contribution is 7.44. The summed E-state index contributed by atoms with van der Waals surface area (Å²) in [7, 11) is 0.313. The van der Waals surface area contributed by atoms with Gasteiger partial charge in [-0.3, -0.25) is 9.59 Å². The third-order valence-corrected chi connectivity index (χ3v) is 11.5. The van der Waals surface area contributed by atoms with Gasteiger partial charge in [-0.25, -0.2) is 4.67 Å². The van der Waals surface area contributed by atoms with E-state index in [2.05, 4.69) is 46.2 Å². The van der Waals surface area contributed by atoms with Crippen LogP contribution in [0.3, 0.4) is 0 Å². The molecule has 0 fully saturated rings. The minimum atomic E-state index is -1.33. The molecule has 0 aliphatic heterocycles. The molecule has 50 heavy (non-hydrogen) atoms. The molecule has 0 saturated heterocycles. The van der Waals surface area contributed by atoms with Gasteiger partial charge in [-0.2, -0.15) is 0 Å². The predicted molar refractivity (Wildman–Crippen MR) is 213 cm³/mol. The van der Waals surface area contributed by atoms with Gasteiger partial charge in [0.05, 0.1) is 6.61 Å². The van der Waals surface area contributed by atoms with Gasteiger partial charge in [-0.15, -0.1) is 0 Å². The first-order valence-electron chi connectivity index (χ1n) is 21.4. The minimum Gasteiger partial charge on any atom is -0.462 e. The van der Waals surface area contributed by atoms with Crippen LogP contribution in [0, 0.1) is 0 Å². The lowest BCUT2D eigenvalue weighted by Gasteiger charge is -2.35. The zero-order valence-corrected chi connectivity index (χ0v) is 35.2. The fourth-order valence-corrected chi connectivity index (χ4v) is 8.00. The van der Waals surface area contributed by atoms with E-state index in [1.807, 2.05) is 0 Å². The van der Waals surface area contributed by atoms with E-state index in [-0.39, 0.29) is 37.2 Å². The third-order valence-electron chi connectivity index (χ3n) is 9.47. The highest BCUT2D eigenvalue weighted by atomic mass is 31.2. The van der Waals surface area contributed by atoms with Gasteiger partial charge < -0.3 is 18.5 Å². The molecular weight excluding hydrogens is 645 g/mol. The molecule has 0 aromatic rings. The SMILES string of the molecule is CCCCCCCCCCCCCCCC(=O)OCC(COP(OC)N(C(C)C)C(C)C)OC(=O)CCCCCCCCCCCCCCC. The van der Waals surface area contributed by atoms with Crippen molar-refractivity contribution in [2.75, 3.05) is 20.3 Å². The summed E-state index contributed by atoms with van der Waals surface area (Å²) in [5.74, 6) is -0.480. The van der Waals surface area contributed by atoms with Crippen LogP contribution < -0.4 is 0 Å². The number of hydrogen-bond acceptors (Lipinski definition) is 7. The Bertz CT molecular complexity index is 744. The minimum absolute atomic E-state index is 0.0118. The molecule has 2 atom stereocenters. The fourth-order valence-electron chi connectivity index (χ4n) is 6.53. The maximum atomic E-state index is 12.8. The zero-order valence-electron chi connectivity index (χ0n) is 34.3. The molecule has 0 heterocycles. The van der Waals surface area contributed by atoms with E-state index in [0.29, 0.717) is 12.8 Å². The van der Waals surface area contributed by atoms with Crippen molar-refractivity contribution in [2.24, 2.45) is 0 Å². The van der Waals surface area contributed by atoms with Crippen molar-refractivity contribution >= 4 is 20.5 Å². The van der Waals surface area contributed by atoms with Crippen molar-refractivity contribution < 1.29 is 28.1 Å². The second kappa shape index (κ2) is 36.6. The Hall–Kier alpha value is -0.750. The van der Waals surface area contributed by atoms with Crippen molar-refractivity contribution in [3.63, 3.8) is 0 Å². The smallest absolute Gasteiger partial charge is 0.306 e. The maximum Gasteiger partial charge on any atom is 0.306 e. The van der Waals surface area contributed by atoms with Gasteiger partial charge >= 0.3 is 11.9 Å². The second-order valence-electron chi connectivity index (χ2n) is 15.1. The van der Waals surface area contributed by atoms with Crippen molar-refractivity contribution in [3.05, 3.63) is 0 Å². The highest BCUT2D eigenvalue weighted by Gasteiger charge is 2.28. The summed E-state index contributed by atoms with van der Waals surface area (Å²) in [5.41, 5.74) is 0. The standard InChI is InChI=1S/C42H84NO6P/c1-8-10-12-14-16-18-20-22-24-26-28-30-32-34-41(44)47-36-40(37-48-50(46-7)43(38(3)4)39(5)6)49-42(45)35-33-31-29-27-25-23-21-19-17-15-13-11-9-2/h38-40H,8-37H2,1-7H3. The third kappa shape index (κ3) is 30.8. The molecule has 298 valence electrons. The van der Waals surface area contributed by atoms with Crippen LogP contribution in [0.1, 0.15) is 221 Å². The predicted octanol–water partition coefficient (Wildman–Crippen LogP) is 13.4. The van der Waals surface area contributed by atoms with Gasteiger partial charge in [-0.1, -0.05) is 168 Å². The summed E-state index contributed by atoms with van der Waals surface area (Å²) >= 11 is 0. The van der Waals surface area contributed by atoms with Crippen LogP contribution in [0.5, 0.6) is 0 Å². The first kappa shape index (κ1) is 49.2. The number of carbonyl (C=O) groups is 2. The first-order chi connectivity index (χ1) is 24.3. The van der Waals surface area contributed by atoms with E-state index in [9.17, 15) is 9.59 Å². The molecule has 0 radical (unpaired) electrons. The number of esters is 2. The normalized spacial score (nSPS) is 13.0. The van der Waals surface area contributed by atoms with E-state index in [0.717, 1.165) is 32.1 Å². The summed E-state index contributed by atoms with van der Waals surface area (Å²) in [4.78, 5) is 25.4. The summed E-state index contributed by atoms with van der Waals surface area (Å²) in [6.07, 6.45) is 33.1. The van der Waals surface area contributed by atoms with Gasteiger partial charge in [0.25, 0.3) is 8.53 Å². The van der Waals surface area contributed by atoms with Gasteiger partial charge in [-0.05, 0) is 40.5 Å². The van der Waals surface area contributed by atoms with Crippen LogP contribution >= 0.6 is 8.53 Å².